The van der Waals surface area contributed by atoms with Crippen molar-refractivity contribution in [2.45, 2.75) is 44.9 Å². The van der Waals surface area contributed by atoms with Gasteiger partial charge in [0.15, 0.2) is 0 Å². The number of carbonyl (C=O) groups excluding carboxylic acids is 1. The second-order valence-corrected chi connectivity index (χ2v) is 9.54. The summed E-state index contributed by atoms with van der Waals surface area (Å²) in [5.41, 5.74) is 3.42. The molecule has 0 saturated heterocycles. The van der Waals surface area contributed by atoms with Crippen molar-refractivity contribution >= 4 is 5.91 Å². The molecule has 1 unspecified atom stereocenters. The first-order valence-electron chi connectivity index (χ1n) is 12.0. The van der Waals surface area contributed by atoms with Gasteiger partial charge in [0, 0.05) is 24.7 Å². The zero-order valence-electron chi connectivity index (χ0n) is 21.4. The van der Waals surface area contributed by atoms with E-state index in [1.165, 1.54) is 0 Å². The van der Waals surface area contributed by atoms with Gasteiger partial charge in [0.2, 0.25) is 5.91 Å². The van der Waals surface area contributed by atoms with E-state index in [2.05, 4.69) is 24.5 Å². The monoisotopic (exact) mass is 492 g/mol. The summed E-state index contributed by atoms with van der Waals surface area (Å²) in [6, 6.07) is 20.1. The number of phenolic OH excluding ortho intramolecular Hbond substituents is 1. The van der Waals surface area contributed by atoms with E-state index >= 15 is 0 Å². The molecule has 1 amide bonds. The highest BCUT2D eigenvalue weighted by Crippen LogP contribution is 2.23. The fourth-order valence-electron chi connectivity index (χ4n) is 4.03. The summed E-state index contributed by atoms with van der Waals surface area (Å²) < 4.78 is 10.6. The van der Waals surface area contributed by atoms with Gasteiger partial charge in [-0.1, -0.05) is 36.4 Å². The molecule has 1 atom stereocenters. The van der Waals surface area contributed by atoms with Crippen LogP contribution in [0.15, 0.2) is 66.7 Å². The molecule has 0 saturated carbocycles. The molecule has 0 heterocycles. The van der Waals surface area contributed by atoms with Crippen LogP contribution in [-0.4, -0.2) is 42.4 Å². The highest BCUT2D eigenvalue weighted by molar-refractivity contribution is 5.78. The van der Waals surface area contributed by atoms with Crippen LogP contribution in [0.5, 0.6) is 17.2 Å². The van der Waals surface area contributed by atoms with Crippen molar-refractivity contribution in [2.24, 2.45) is 0 Å². The molecule has 0 bridgehead atoms. The van der Waals surface area contributed by atoms with Crippen LogP contribution in [0.1, 0.15) is 42.2 Å². The van der Waals surface area contributed by atoms with Crippen molar-refractivity contribution in [2.75, 3.05) is 20.8 Å². The fourth-order valence-corrected chi connectivity index (χ4v) is 4.03. The van der Waals surface area contributed by atoms with E-state index in [9.17, 15) is 15.0 Å². The van der Waals surface area contributed by atoms with E-state index in [1.54, 1.807) is 44.6 Å². The van der Waals surface area contributed by atoms with Crippen LogP contribution in [0.3, 0.4) is 0 Å². The molecule has 36 heavy (non-hydrogen) atoms. The van der Waals surface area contributed by atoms with Gasteiger partial charge in [-0.2, -0.15) is 0 Å². The molecule has 7 nitrogen and oxygen atoms in total. The summed E-state index contributed by atoms with van der Waals surface area (Å²) in [6.07, 6.45) is 0.334. The van der Waals surface area contributed by atoms with E-state index in [1.807, 2.05) is 36.4 Å². The van der Waals surface area contributed by atoms with Crippen molar-refractivity contribution in [3.63, 3.8) is 0 Å². The molecule has 0 aliphatic rings. The van der Waals surface area contributed by atoms with Crippen molar-refractivity contribution in [3.8, 4) is 17.2 Å². The topological polar surface area (TPSA) is 100 Å². The number of β-amino-alcohol motifs (C(OH)–C–C–N with tert-alkyl or cyclic N) is 1. The lowest BCUT2D eigenvalue weighted by Crippen LogP contribution is -2.43. The predicted molar refractivity (Wildman–Crippen MR) is 140 cm³/mol. The zero-order chi connectivity index (χ0) is 26.1. The highest BCUT2D eigenvalue weighted by Gasteiger charge is 2.20. The minimum atomic E-state index is -0.676. The first kappa shape index (κ1) is 27.0. The van der Waals surface area contributed by atoms with Gasteiger partial charge in [-0.15, -0.1) is 0 Å². The van der Waals surface area contributed by atoms with E-state index < -0.39 is 6.10 Å². The Morgan fingerprint density at radius 1 is 0.917 bits per heavy atom. The van der Waals surface area contributed by atoms with E-state index in [4.69, 9.17) is 9.47 Å². The predicted octanol–water partition coefficient (Wildman–Crippen LogP) is 3.91. The van der Waals surface area contributed by atoms with Crippen molar-refractivity contribution in [3.05, 3.63) is 89.0 Å². The van der Waals surface area contributed by atoms with Gasteiger partial charge >= 0.3 is 0 Å². The van der Waals surface area contributed by atoms with Crippen molar-refractivity contribution in [1.82, 2.24) is 10.6 Å². The number of aliphatic hydroxyl groups excluding tert-OH is 1. The summed E-state index contributed by atoms with van der Waals surface area (Å²) in [7, 11) is 3.19. The van der Waals surface area contributed by atoms with Gasteiger partial charge in [0.1, 0.15) is 17.2 Å². The number of phenols is 1. The maximum Gasteiger partial charge on any atom is 0.224 e. The largest absolute Gasteiger partial charge is 0.508 e. The third-order valence-electron chi connectivity index (χ3n) is 5.95. The number of amides is 1. The molecule has 3 aromatic carbocycles. The second-order valence-electron chi connectivity index (χ2n) is 9.54. The van der Waals surface area contributed by atoms with Gasteiger partial charge in [0.25, 0.3) is 0 Å². The Balaban J connectivity index is 1.53. The Hall–Kier alpha value is -3.55. The number of ether oxygens (including phenoxy) is 2. The Morgan fingerprint density at radius 3 is 2.19 bits per heavy atom. The molecule has 0 radical (unpaired) electrons. The van der Waals surface area contributed by atoms with Gasteiger partial charge in [-0.05, 0) is 66.8 Å². The molecule has 3 aromatic rings. The Bertz CT molecular complexity index is 1120. The molecular weight excluding hydrogens is 456 g/mol. The number of nitrogens with one attached hydrogen (secondary N) is 2. The van der Waals surface area contributed by atoms with E-state index in [0.29, 0.717) is 24.6 Å². The zero-order valence-corrected chi connectivity index (χ0v) is 21.4. The Morgan fingerprint density at radius 2 is 1.56 bits per heavy atom. The van der Waals surface area contributed by atoms with Crippen LogP contribution in [0, 0.1) is 0 Å². The van der Waals surface area contributed by atoms with Gasteiger partial charge in [-0.3, -0.25) is 4.79 Å². The SMILES string of the molecule is COc1cc(CNC(=O)Cc2cccc(CC(C)(C)NCC(O)c3ccc(O)cc3)c2)cc(OC)c1. The summed E-state index contributed by atoms with van der Waals surface area (Å²) in [5.74, 6) is 1.47. The maximum absolute atomic E-state index is 12.6. The number of aromatic hydroxyl groups is 1. The third kappa shape index (κ3) is 8.29. The summed E-state index contributed by atoms with van der Waals surface area (Å²) in [6.45, 7) is 4.93. The number of hydrogen-bond donors (Lipinski definition) is 4. The molecular formula is C29H36N2O5. The average molecular weight is 493 g/mol. The van der Waals surface area contributed by atoms with Crippen LogP contribution >= 0.6 is 0 Å². The van der Waals surface area contributed by atoms with Gasteiger partial charge in [0.05, 0.1) is 26.7 Å². The minimum Gasteiger partial charge on any atom is -0.508 e. The molecule has 7 heteroatoms. The summed E-state index contributed by atoms with van der Waals surface area (Å²) in [5, 5.41) is 26.3. The lowest BCUT2D eigenvalue weighted by molar-refractivity contribution is -0.120. The molecule has 0 fully saturated rings. The van der Waals surface area contributed by atoms with Crippen LogP contribution in [0.4, 0.5) is 0 Å². The van der Waals surface area contributed by atoms with Gasteiger partial charge in [-0.25, -0.2) is 0 Å². The number of carbonyl (C=O) groups is 1. The van der Waals surface area contributed by atoms with Gasteiger partial charge < -0.3 is 30.3 Å². The number of rotatable bonds is 12. The minimum absolute atomic E-state index is 0.0663. The highest BCUT2D eigenvalue weighted by atomic mass is 16.5. The molecule has 192 valence electrons. The molecule has 3 rings (SSSR count). The Labute approximate surface area is 213 Å². The number of aliphatic hydroxyl groups is 1. The van der Waals surface area contributed by atoms with Crippen molar-refractivity contribution < 1.29 is 24.5 Å². The van der Waals surface area contributed by atoms with E-state index in [0.717, 1.165) is 28.7 Å². The molecule has 0 aliphatic carbocycles. The molecule has 0 aliphatic heterocycles. The average Bonchev–Trinajstić information content (AvgIpc) is 2.86. The molecule has 0 aromatic heterocycles. The van der Waals surface area contributed by atoms with Crippen LogP contribution < -0.4 is 20.1 Å². The molecule has 0 spiro atoms. The normalized spacial score (nSPS) is 12.1. The van der Waals surface area contributed by atoms with E-state index in [-0.39, 0.29) is 23.6 Å². The van der Waals surface area contributed by atoms with Crippen LogP contribution in [-0.2, 0) is 24.2 Å². The van der Waals surface area contributed by atoms with Crippen LogP contribution in [0.25, 0.3) is 0 Å². The lowest BCUT2D eigenvalue weighted by Gasteiger charge is -2.28. The number of hydrogen-bond acceptors (Lipinski definition) is 6. The standard InChI is InChI=1S/C29H36N2O5/c1-29(2,31-19-27(33)23-8-10-24(32)11-9-23)17-21-7-5-6-20(12-21)15-28(34)30-18-22-13-25(35-3)16-26(14-22)36-4/h5-14,16,27,31-33H,15,17-19H2,1-4H3,(H,30,34). The molecule has 4 N–H and O–H groups in total. The smallest absolute Gasteiger partial charge is 0.224 e. The Kier molecular flexibility index (Phi) is 9.33. The third-order valence-corrected chi connectivity index (χ3v) is 5.95. The summed E-state index contributed by atoms with van der Waals surface area (Å²) in [4.78, 5) is 12.6. The van der Waals surface area contributed by atoms with Crippen LogP contribution in [0.2, 0.25) is 0 Å². The summed E-state index contributed by atoms with van der Waals surface area (Å²) >= 11 is 0. The van der Waals surface area contributed by atoms with Crippen molar-refractivity contribution in [1.29, 1.82) is 0 Å². The number of benzene rings is 3. The second kappa shape index (κ2) is 12.4. The first-order valence-corrected chi connectivity index (χ1v) is 12.0. The quantitative estimate of drug-likeness (QED) is 0.306. The first-order chi connectivity index (χ1) is 17.2. The maximum atomic E-state index is 12.6. The number of methoxy groups -OCH3 is 2. The lowest BCUT2D eigenvalue weighted by atomic mass is 9.93. The fraction of sp³-hybridized carbons (Fsp3) is 0.345.